The quantitative estimate of drug-likeness (QED) is 0.514. The molecular formula is C8H15N. The van der Waals surface area contributed by atoms with Gasteiger partial charge in [0.1, 0.15) is 0 Å². The van der Waals surface area contributed by atoms with Gasteiger partial charge in [-0.3, -0.25) is 0 Å². The smallest absolute Gasteiger partial charge is 0.00385 e. The van der Waals surface area contributed by atoms with Crippen LogP contribution < -0.4 is 0 Å². The molecule has 0 aromatic heterocycles. The summed E-state index contributed by atoms with van der Waals surface area (Å²) in [4.78, 5) is 2.50. The molecule has 0 aromatic carbocycles. The summed E-state index contributed by atoms with van der Waals surface area (Å²) >= 11 is 0. The second-order valence-corrected chi connectivity index (χ2v) is 2.88. The van der Waals surface area contributed by atoms with Crippen molar-refractivity contribution in [2.24, 2.45) is 0 Å². The molecular weight excluding hydrogens is 110 g/mol. The summed E-state index contributed by atoms with van der Waals surface area (Å²) in [6.45, 7) is 6.95. The molecule has 0 atom stereocenters. The Balaban J connectivity index is 2.23. The van der Waals surface area contributed by atoms with Crippen molar-refractivity contribution in [3.63, 3.8) is 0 Å². The van der Waals surface area contributed by atoms with Crippen molar-refractivity contribution in [2.45, 2.75) is 32.7 Å². The summed E-state index contributed by atoms with van der Waals surface area (Å²) in [6, 6.07) is 0.729. The van der Waals surface area contributed by atoms with E-state index in [2.05, 4.69) is 25.2 Å². The van der Waals surface area contributed by atoms with Crippen molar-refractivity contribution in [2.75, 3.05) is 13.1 Å². The van der Waals surface area contributed by atoms with Crippen molar-refractivity contribution < 1.29 is 0 Å². The molecule has 0 aliphatic carbocycles. The first-order chi connectivity index (χ1) is 4.30. The lowest BCUT2D eigenvalue weighted by Crippen LogP contribution is -2.35. The Morgan fingerprint density at radius 3 is 2.11 bits per heavy atom. The third kappa shape index (κ3) is 1.98. The van der Waals surface area contributed by atoms with Crippen LogP contribution in [0.5, 0.6) is 0 Å². The van der Waals surface area contributed by atoms with Crippen LogP contribution in [0, 0.1) is 6.42 Å². The average Bonchev–Trinajstić information content (AvgIpc) is 1.90. The van der Waals surface area contributed by atoms with Crippen LogP contribution >= 0.6 is 0 Å². The molecule has 0 amide bonds. The van der Waals surface area contributed by atoms with E-state index in [9.17, 15) is 0 Å². The summed E-state index contributed by atoms with van der Waals surface area (Å²) < 4.78 is 0. The number of hydrogen-bond donors (Lipinski definition) is 0. The number of nitrogens with zero attached hydrogens (tertiary/aromatic N) is 1. The van der Waals surface area contributed by atoms with Crippen LogP contribution in [0.3, 0.4) is 0 Å². The highest BCUT2D eigenvalue weighted by Crippen LogP contribution is 2.09. The molecule has 1 aliphatic rings. The van der Waals surface area contributed by atoms with Gasteiger partial charge in [0.25, 0.3) is 0 Å². The second kappa shape index (κ2) is 3.21. The minimum atomic E-state index is 0.729. The van der Waals surface area contributed by atoms with Gasteiger partial charge in [-0.1, -0.05) is 0 Å². The maximum Gasteiger partial charge on any atom is 0.00385 e. The highest BCUT2D eigenvalue weighted by molar-refractivity contribution is 4.77. The van der Waals surface area contributed by atoms with Gasteiger partial charge in [-0.2, -0.15) is 0 Å². The summed E-state index contributed by atoms with van der Waals surface area (Å²) in [6.07, 6.45) is 5.66. The van der Waals surface area contributed by atoms with Crippen LogP contribution in [0.2, 0.25) is 0 Å². The van der Waals surface area contributed by atoms with E-state index in [0.717, 1.165) is 18.9 Å². The van der Waals surface area contributed by atoms with Crippen LogP contribution in [0.15, 0.2) is 0 Å². The topological polar surface area (TPSA) is 3.24 Å². The number of rotatable bonds is 1. The number of piperidine rings is 1. The summed E-state index contributed by atoms with van der Waals surface area (Å²) in [5.41, 5.74) is 0. The zero-order valence-corrected chi connectivity index (χ0v) is 6.35. The fraction of sp³-hybridized carbons (Fsp3) is 0.875. The molecule has 0 spiro atoms. The van der Waals surface area contributed by atoms with Gasteiger partial charge < -0.3 is 4.90 Å². The van der Waals surface area contributed by atoms with Crippen LogP contribution in [-0.4, -0.2) is 24.0 Å². The van der Waals surface area contributed by atoms with Crippen LogP contribution in [0.1, 0.15) is 26.7 Å². The molecule has 52 valence electrons. The molecule has 1 fully saturated rings. The molecule has 1 heteroatoms. The predicted molar refractivity (Wildman–Crippen MR) is 39.2 cm³/mol. The van der Waals surface area contributed by atoms with Crippen LogP contribution in [0.4, 0.5) is 0 Å². The van der Waals surface area contributed by atoms with Gasteiger partial charge in [0.15, 0.2) is 0 Å². The van der Waals surface area contributed by atoms with Crippen LogP contribution in [0.25, 0.3) is 0 Å². The Hall–Kier alpha value is -0.0400. The molecule has 0 saturated carbocycles. The van der Waals surface area contributed by atoms with Crippen molar-refractivity contribution in [3.8, 4) is 0 Å². The normalized spacial score (nSPS) is 23.0. The molecule has 0 aromatic rings. The SMILES string of the molecule is CC(C)N1CC[C]CC1. The fourth-order valence-electron chi connectivity index (χ4n) is 1.20. The predicted octanol–water partition coefficient (Wildman–Crippen LogP) is 1.57. The first-order valence-corrected chi connectivity index (χ1v) is 3.75. The molecule has 9 heavy (non-hydrogen) atoms. The molecule has 1 aliphatic heterocycles. The Kier molecular flexibility index (Phi) is 2.52. The highest BCUT2D eigenvalue weighted by Gasteiger charge is 2.12. The van der Waals surface area contributed by atoms with E-state index in [1.165, 1.54) is 13.1 Å². The standard InChI is InChI=1S/C8H15N/c1-8(2)9-6-4-3-5-7-9/h8H,4-7H2,1-2H3. The van der Waals surface area contributed by atoms with E-state index in [4.69, 9.17) is 0 Å². The molecule has 1 saturated heterocycles. The maximum atomic E-state index is 3.33. The Morgan fingerprint density at radius 2 is 1.78 bits per heavy atom. The summed E-state index contributed by atoms with van der Waals surface area (Å²) in [5, 5.41) is 0. The van der Waals surface area contributed by atoms with E-state index >= 15 is 0 Å². The molecule has 1 rings (SSSR count). The number of likely N-dealkylation sites (tertiary alicyclic amines) is 1. The molecule has 1 nitrogen and oxygen atoms in total. The first-order valence-electron chi connectivity index (χ1n) is 3.75. The molecule has 1 heterocycles. The lowest BCUT2D eigenvalue weighted by Gasteiger charge is -2.29. The minimum Gasteiger partial charge on any atom is -0.301 e. The monoisotopic (exact) mass is 125 g/mol. The largest absolute Gasteiger partial charge is 0.301 e. The maximum absolute atomic E-state index is 3.33. The van der Waals surface area contributed by atoms with E-state index in [1.54, 1.807) is 0 Å². The average molecular weight is 125 g/mol. The third-order valence-corrected chi connectivity index (χ3v) is 1.88. The zero-order valence-electron chi connectivity index (χ0n) is 6.35. The fourth-order valence-corrected chi connectivity index (χ4v) is 1.20. The van der Waals surface area contributed by atoms with E-state index in [1.807, 2.05) is 0 Å². The van der Waals surface area contributed by atoms with E-state index in [-0.39, 0.29) is 0 Å². The molecule has 0 bridgehead atoms. The van der Waals surface area contributed by atoms with Gasteiger partial charge in [0.05, 0.1) is 0 Å². The van der Waals surface area contributed by atoms with E-state index < -0.39 is 0 Å². The first kappa shape index (κ1) is 7.07. The zero-order chi connectivity index (χ0) is 6.69. The van der Waals surface area contributed by atoms with E-state index in [0.29, 0.717) is 0 Å². The second-order valence-electron chi connectivity index (χ2n) is 2.88. The van der Waals surface area contributed by atoms with Crippen molar-refractivity contribution in [1.29, 1.82) is 0 Å². The van der Waals surface area contributed by atoms with Gasteiger partial charge in [-0.05, 0) is 46.2 Å². The minimum absolute atomic E-state index is 0.729. The lowest BCUT2D eigenvalue weighted by atomic mass is 10.1. The van der Waals surface area contributed by atoms with Crippen molar-refractivity contribution in [1.82, 2.24) is 4.90 Å². The Morgan fingerprint density at radius 1 is 1.22 bits per heavy atom. The molecule has 2 radical (unpaired) electrons. The van der Waals surface area contributed by atoms with Gasteiger partial charge >= 0.3 is 0 Å². The van der Waals surface area contributed by atoms with Gasteiger partial charge in [0, 0.05) is 6.04 Å². The highest BCUT2D eigenvalue weighted by atomic mass is 15.1. The Bertz CT molecular complexity index is 72.6. The van der Waals surface area contributed by atoms with Crippen molar-refractivity contribution >= 4 is 0 Å². The summed E-state index contributed by atoms with van der Waals surface area (Å²) in [7, 11) is 0. The van der Waals surface area contributed by atoms with Crippen molar-refractivity contribution in [3.05, 3.63) is 6.42 Å². The Labute approximate surface area is 58.0 Å². The lowest BCUT2D eigenvalue weighted by molar-refractivity contribution is 0.205. The summed E-state index contributed by atoms with van der Waals surface area (Å²) in [5.74, 6) is 0. The van der Waals surface area contributed by atoms with Crippen LogP contribution in [-0.2, 0) is 0 Å². The third-order valence-electron chi connectivity index (χ3n) is 1.88. The number of hydrogen-bond acceptors (Lipinski definition) is 1. The van der Waals surface area contributed by atoms with Gasteiger partial charge in [-0.25, -0.2) is 0 Å². The van der Waals surface area contributed by atoms with Gasteiger partial charge in [0.2, 0.25) is 0 Å². The molecule has 0 N–H and O–H groups in total. The van der Waals surface area contributed by atoms with Gasteiger partial charge in [-0.15, -0.1) is 0 Å². The molecule has 0 unspecified atom stereocenters.